The van der Waals surface area contributed by atoms with Gasteiger partial charge in [0.15, 0.2) is 0 Å². The van der Waals surface area contributed by atoms with Crippen molar-refractivity contribution < 1.29 is 9.72 Å². The first-order valence-corrected chi connectivity index (χ1v) is 7.51. The van der Waals surface area contributed by atoms with Crippen LogP contribution in [-0.2, 0) is 4.79 Å². The van der Waals surface area contributed by atoms with E-state index in [2.05, 4.69) is 0 Å². The van der Waals surface area contributed by atoms with Crippen LogP contribution in [0.4, 0.5) is 0 Å². The van der Waals surface area contributed by atoms with Gasteiger partial charge in [0, 0.05) is 21.5 Å². The molecule has 0 saturated heterocycles. The molecule has 0 heterocycles. The summed E-state index contributed by atoms with van der Waals surface area (Å²) in [5, 5.41) is 11.2. The van der Waals surface area contributed by atoms with Gasteiger partial charge in [0.05, 0.1) is 0 Å². The van der Waals surface area contributed by atoms with E-state index in [0.29, 0.717) is 12.8 Å². The molecule has 1 aliphatic rings. The number of benzene rings is 1. The maximum Gasteiger partial charge on any atom is 0.227 e. The van der Waals surface area contributed by atoms with E-state index >= 15 is 0 Å². The lowest BCUT2D eigenvalue weighted by Crippen LogP contribution is -2.43. The number of thioether (sulfide) groups is 1. The fraction of sp³-hybridized carbons (Fsp3) is 0.500. The zero-order valence-electron chi connectivity index (χ0n) is 11.3. The fourth-order valence-corrected chi connectivity index (χ4v) is 3.83. The van der Waals surface area contributed by atoms with Gasteiger partial charge in [-0.3, -0.25) is 14.9 Å². The van der Waals surface area contributed by atoms with Crippen LogP contribution in [0, 0.1) is 23.0 Å². The SMILES string of the molecule is Cc1ccc(S[C@@H]2CC[C@H]([N+](=O)[O-])[C@@H](C(N)=O)C2)cc1. The molecule has 1 fully saturated rings. The van der Waals surface area contributed by atoms with Crippen LogP contribution in [0.5, 0.6) is 0 Å². The van der Waals surface area contributed by atoms with Crippen LogP contribution in [0.1, 0.15) is 24.8 Å². The Labute approximate surface area is 122 Å². The van der Waals surface area contributed by atoms with Gasteiger partial charge in [0.1, 0.15) is 5.92 Å². The van der Waals surface area contributed by atoms with Gasteiger partial charge in [-0.1, -0.05) is 17.7 Å². The largest absolute Gasteiger partial charge is 0.369 e. The highest BCUT2D eigenvalue weighted by atomic mass is 32.2. The van der Waals surface area contributed by atoms with Crippen molar-refractivity contribution in [3.05, 3.63) is 39.9 Å². The maximum atomic E-state index is 11.4. The van der Waals surface area contributed by atoms with Crippen molar-refractivity contribution in [1.82, 2.24) is 0 Å². The number of nitrogens with two attached hydrogens (primary N) is 1. The zero-order valence-corrected chi connectivity index (χ0v) is 12.1. The molecule has 5 nitrogen and oxygen atoms in total. The summed E-state index contributed by atoms with van der Waals surface area (Å²) in [6.45, 7) is 2.03. The Morgan fingerprint density at radius 1 is 1.35 bits per heavy atom. The Hall–Kier alpha value is -1.56. The van der Waals surface area contributed by atoms with Gasteiger partial charge in [0.25, 0.3) is 0 Å². The van der Waals surface area contributed by atoms with Crippen LogP contribution in [0.3, 0.4) is 0 Å². The third-order valence-corrected chi connectivity index (χ3v) is 5.03. The van der Waals surface area contributed by atoms with E-state index < -0.39 is 17.9 Å². The van der Waals surface area contributed by atoms with E-state index in [4.69, 9.17) is 5.73 Å². The molecule has 108 valence electrons. The van der Waals surface area contributed by atoms with Crippen LogP contribution in [0.15, 0.2) is 29.2 Å². The molecule has 2 N–H and O–H groups in total. The van der Waals surface area contributed by atoms with Crippen LogP contribution in [0.25, 0.3) is 0 Å². The summed E-state index contributed by atoms with van der Waals surface area (Å²) in [5.41, 5.74) is 6.51. The average molecular weight is 294 g/mol. The standard InChI is InChI=1S/C14H18N2O3S/c1-9-2-4-10(5-3-9)20-11-6-7-13(16(18)19)12(8-11)14(15)17/h2-5,11-13H,6-8H2,1H3,(H2,15,17)/t11-,12+,13+/m1/s1. The van der Waals surface area contributed by atoms with Gasteiger partial charge in [0.2, 0.25) is 11.9 Å². The van der Waals surface area contributed by atoms with Crippen molar-refractivity contribution in [2.45, 2.75) is 42.4 Å². The lowest BCUT2D eigenvalue weighted by atomic mass is 9.84. The van der Waals surface area contributed by atoms with Crippen molar-refractivity contribution in [1.29, 1.82) is 0 Å². The number of hydrogen-bond donors (Lipinski definition) is 1. The minimum absolute atomic E-state index is 0.214. The second-order valence-electron chi connectivity index (χ2n) is 5.23. The highest BCUT2D eigenvalue weighted by Gasteiger charge is 2.41. The number of carbonyl (C=O) groups excluding carboxylic acids is 1. The Bertz CT molecular complexity index is 504. The molecule has 1 aliphatic carbocycles. The summed E-state index contributed by atoms with van der Waals surface area (Å²) >= 11 is 1.68. The molecule has 0 bridgehead atoms. The molecule has 1 amide bonds. The first kappa shape index (κ1) is 14.8. The molecule has 20 heavy (non-hydrogen) atoms. The van der Waals surface area contributed by atoms with E-state index in [-0.39, 0.29) is 10.2 Å². The van der Waals surface area contributed by atoms with Crippen molar-refractivity contribution in [3.8, 4) is 0 Å². The van der Waals surface area contributed by atoms with E-state index in [9.17, 15) is 14.9 Å². The third kappa shape index (κ3) is 3.50. The van der Waals surface area contributed by atoms with Crippen molar-refractivity contribution >= 4 is 17.7 Å². The quantitative estimate of drug-likeness (QED) is 0.682. The van der Waals surface area contributed by atoms with Gasteiger partial charge in [-0.05, 0) is 31.9 Å². The predicted octanol–water partition coefficient (Wildman–Crippen LogP) is 2.39. The summed E-state index contributed by atoms with van der Waals surface area (Å²) in [4.78, 5) is 23.2. The van der Waals surface area contributed by atoms with Crippen molar-refractivity contribution in [2.75, 3.05) is 0 Å². The fourth-order valence-electron chi connectivity index (χ4n) is 2.59. The first-order valence-electron chi connectivity index (χ1n) is 6.63. The minimum Gasteiger partial charge on any atom is -0.369 e. The zero-order chi connectivity index (χ0) is 14.7. The summed E-state index contributed by atoms with van der Waals surface area (Å²) in [7, 11) is 0. The molecule has 0 aromatic heterocycles. The van der Waals surface area contributed by atoms with Crippen LogP contribution in [0.2, 0.25) is 0 Å². The molecule has 6 heteroatoms. The molecule has 1 aromatic carbocycles. The topological polar surface area (TPSA) is 86.2 Å². The molecule has 0 aliphatic heterocycles. The number of hydrogen-bond acceptors (Lipinski definition) is 4. The Morgan fingerprint density at radius 3 is 2.55 bits per heavy atom. The number of nitro groups is 1. The molecule has 2 rings (SSSR count). The summed E-state index contributed by atoms with van der Waals surface area (Å²) in [5.74, 6) is -1.21. The second-order valence-corrected chi connectivity index (χ2v) is 6.60. The molecule has 0 spiro atoms. The van der Waals surface area contributed by atoms with Crippen LogP contribution >= 0.6 is 11.8 Å². The normalized spacial score (nSPS) is 26.1. The molecule has 1 aromatic rings. The van der Waals surface area contributed by atoms with E-state index in [1.807, 2.05) is 31.2 Å². The number of primary amides is 1. The van der Waals surface area contributed by atoms with E-state index in [0.717, 1.165) is 11.3 Å². The number of amides is 1. The average Bonchev–Trinajstić information content (AvgIpc) is 2.41. The molecule has 0 radical (unpaired) electrons. The molecular formula is C14H18N2O3S. The summed E-state index contributed by atoms with van der Waals surface area (Å²) < 4.78 is 0. The van der Waals surface area contributed by atoms with Crippen LogP contribution in [-0.4, -0.2) is 22.1 Å². The monoisotopic (exact) mass is 294 g/mol. The maximum absolute atomic E-state index is 11.4. The minimum atomic E-state index is -0.817. The van der Waals surface area contributed by atoms with Crippen molar-refractivity contribution in [3.63, 3.8) is 0 Å². The summed E-state index contributed by atoms with van der Waals surface area (Å²) in [6.07, 6.45) is 1.65. The smallest absolute Gasteiger partial charge is 0.227 e. The number of rotatable bonds is 4. The Morgan fingerprint density at radius 2 is 2.00 bits per heavy atom. The van der Waals surface area contributed by atoms with Gasteiger partial charge < -0.3 is 5.73 Å². The van der Waals surface area contributed by atoms with E-state index in [1.165, 1.54) is 5.56 Å². The molecule has 3 atom stereocenters. The number of carbonyl (C=O) groups is 1. The number of nitrogens with zero attached hydrogens (tertiary/aromatic N) is 1. The Balaban J connectivity index is 2.03. The van der Waals surface area contributed by atoms with Crippen LogP contribution < -0.4 is 5.73 Å². The lowest BCUT2D eigenvalue weighted by molar-refractivity contribution is -0.532. The van der Waals surface area contributed by atoms with Gasteiger partial charge in [-0.25, -0.2) is 0 Å². The highest BCUT2D eigenvalue weighted by Crippen LogP contribution is 2.37. The van der Waals surface area contributed by atoms with Gasteiger partial charge in [-0.2, -0.15) is 0 Å². The summed E-state index contributed by atoms with van der Waals surface area (Å²) in [6, 6.07) is 7.34. The predicted molar refractivity (Wildman–Crippen MR) is 78.1 cm³/mol. The molecular weight excluding hydrogens is 276 g/mol. The van der Waals surface area contributed by atoms with Gasteiger partial charge in [-0.15, -0.1) is 11.8 Å². The molecule has 1 saturated carbocycles. The molecule has 0 unspecified atom stereocenters. The lowest BCUT2D eigenvalue weighted by Gasteiger charge is -2.29. The number of aryl methyl sites for hydroxylation is 1. The first-order chi connectivity index (χ1) is 9.47. The van der Waals surface area contributed by atoms with Gasteiger partial charge >= 0.3 is 0 Å². The third-order valence-electron chi connectivity index (χ3n) is 3.73. The Kier molecular flexibility index (Phi) is 4.65. The highest BCUT2D eigenvalue weighted by molar-refractivity contribution is 8.00. The van der Waals surface area contributed by atoms with Crippen molar-refractivity contribution in [2.24, 2.45) is 11.7 Å². The van der Waals surface area contributed by atoms with E-state index in [1.54, 1.807) is 11.8 Å². The second kappa shape index (κ2) is 6.26.